The molecule has 1 aliphatic rings. The van der Waals surface area contributed by atoms with E-state index in [2.05, 4.69) is 17.2 Å². The number of anilines is 1. The van der Waals surface area contributed by atoms with Crippen molar-refractivity contribution in [2.75, 3.05) is 5.32 Å². The van der Waals surface area contributed by atoms with E-state index in [1.807, 2.05) is 48.5 Å². The number of imidazole rings is 1. The molecule has 0 bridgehead atoms. The molecule has 4 rings (SSSR count). The summed E-state index contributed by atoms with van der Waals surface area (Å²) in [5, 5.41) is 12.8. The normalized spacial score (nSPS) is 22.8. The van der Waals surface area contributed by atoms with E-state index in [0.29, 0.717) is 17.4 Å². The Hall–Kier alpha value is -2.42. The number of carbonyl (C=O) groups excluding carboxylic acids is 1. The highest BCUT2D eigenvalue weighted by molar-refractivity contribution is 6.40. The minimum atomic E-state index is -0.627. The van der Waals surface area contributed by atoms with E-state index >= 15 is 0 Å². The molecular weight excluding hydrogens is 465 g/mol. The van der Waals surface area contributed by atoms with Gasteiger partial charge >= 0.3 is 0 Å². The van der Waals surface area contributed by atoms with Crippen molar-refractivity contribution in [3.05, 3.63) is 81.9 Å². The Morgan fingerprint density at radius 3 is 2.33 bits per heavy atom. The molecule has 2 N–H and O–H groups in total. The molecule has 3 aromatic rings. The molecule has 0 aliphatic carbocycles. The third kappa shape index (κ3) is 5.39. The zero-order chi connectivity index (χ0) is 23.5. The van der Waals surface area contributed by atoms with Crippen LogP contribution in [0.15, 0.2) is 54.9 Å². The summed E-state index contributed by atoms with van der Waals surface area (Å²) in [5.41, 5.74) is 3.35. The number of amides is 1. The Morgan fingerprint density at radius 1 is 1.09 bits per heavy atom. The number of nitrogens with one attached hydrogen (secondary N) is 1. The molecule has 2 aromatic carbocycles. The number of hydrogen-bond donors (Lipinski definition) is 2. The second-order valence-corrected chi connectivity index (χ2v) is 8.82. The average molecular weight is 490 g/mol. The fourth-order valence-corrected chi connectivity index (χ4v) is 4.23. The van der Waals surface area contributed by atoms with E-state index in [1.54, 1.807) is 10.9 Å². The quantitative estimate of drug-likeness (QED) is 0.500. The molecule has 1 amide bonds. The van der Waals surface area contributed by atoms with Crippen molar-refractivity contribution in [1.29, 1.82) is 0 Å². The lowest BCUT2D eigenvalue weighted by molar-refractivity contribution is -0.276. The lowest BCUT2D eigenvalue weighted by atomic mass is 9.90. The Labute approximate surface area is 202 Å². The van der Waals surface area contributed by atoms with E-state index < -0.39 is 6.29 Å². The van der Waals surface area contributed by atoms with Gasteiger partial charge in [-0.05, 0) is 23.3 Å². The number of halogens is 2. The molecule has 9 heteroatoms. The summed E-state index contributed by atoms with van der Waals surface area (Å²) in [6, 6.07) is 15.1. The van der Waals surface area contributed by atoms with Crippen LogP contribution in [0.4, 0.5) is 5.69 Å². The van der Waals surface area contributed by atoms with Gasteiger partial charge in [0.05, 0.1) is 31.7 Å². The van der Waals surface area contributed by atoms with Crippen LogP contribution < -0.4 is 5.32 Å². The minimum absolute atomic E-state index is 0.0166. The Kier molecular flexibility index (Phi) is 7.36. The van der Waals surface area contributed by atoms with Crippen LogP contribution in [-0.2, 0) is 27.4 Å². The lowest BCUT2D eigenvalue weighted by Crippen LogP contribution is -2.39. The molecule has 1 aliphatic heterocycles. The Balaban J connectivity index is 1.63. The van der Waals surface area contributed by atoms with E-state index in [0.717, 1.165) is 16.7 Å². The van der Waals surface area contributed by atoms with Gasteiger partial charge in [-0.2, -0.15) is 0 Å². The summed E-state index contributed by atoms with van der Waals surface area (Å²) in [4.78, 5) is 15.4. The molecule has 0 radical (unpaired) electrons. The summed E-state index contributed by atoms with van der Waals surface area (Å²) in [5.74, 6) is -0.152. The molecule has 1 saturated heterocycles. The fourth-order valence-electron chi connectivity index (χ4n) is 3.92. The zero-order valence-corrected chi connectivity index (χ0v) is 19.8. The lowest BCUT2D eigenvalue weighted by Gasteiger charge is -2.41. The van der Waals surface area contributed by atoms with Crippen molar-refractivity contribution >= 4 is 34.8 Å². The van der Waals surface area contributed by atoms with Gasteiger partial charge in [-0.25, -0.2) is 4.98 Å². The van der Waals surface area contributed by atoms with E-state index in [-0.39, 0.29) is 35.8 Å². The van der Waals surface area contributed by atoms with E-state index in [1.165, 1.54) is 6.92 Å². The molecule has 33 heavy (non-hydrogen) atoms. The van der Waals surface area contributed by atoms with E-state index in [9.17, 15) is 9.90 Å². The maximum absolute atomic E-state index is 11.3. The van der Waals surface area contributed by atoms with Crippen LogP contribution in [0.5, 0.6) is 0 Å². The number of benzene rings is 2. The fraction of sp³-hybridized carbons (Fsp3) is 0.333. The third-order valence-electron chi connectivity index (χ3n) is 5.74. The number of ether oxygens (including phenoxy) is 2. The molecule has 1 aromatic heterocycles. The molecule has 7 nitrogen and oxygen atoms in total. The first kappa shape index (κ1) is 23.7. The van der Waals surface area contributed by atoms with Crippen LogP contribution in [0.3, 0.4) is 0 Å². The van der Waals surface area contributed by atoms with Crippen molar-refractivity contribution in [2.24, 2.45) is 5.92 Å². The predicted molar refractivity (Wildman–Crippen MR) is 126 cm³/mol. The molecule has 0 saturated carbocycles. The number of rotatable bonds is 6. The summed E-state index contributed by atoms with van der Waals surface area (Å²) < 4.78 is 14.5. The molecule has 174 valence electrons. The number of hydrogen-bond acceptors (Lipinski definition) is 5. The van der Waals surface area contributed by atoms with Gasteiger partial charge in [-0.3, -0.25) is 4.79 Å². The standard InChI is InChI=1S/C24H25Cl2N3O4/c1-14-20(11-29-13-27-22(25)23(29)26)32-24(18-7-9-19(10-8-18)28-15(2)31)33-21(14)17-5-3-16(12-30)4-6-17/h3-10,13-14,20-21,24,30H,11-12H2,1-2H3,(H,28,31)/t14-,20+,21+,24+/m1/s1. The Bertz CT molecular complexity index is 1100. The van der Waals surface area contributed by atoms with Crippen molar-refractivity contribution in [3.63, 3.8) is 0 Å². The minimum Gasteiger partial charge on any atom is -0.392 e. The van der Waals surface area contributed by atoms with Gasteiger partial charge in [0.2, 0.25) is 5.91 Å². The number of aliphatic hydroxyl groups excluding tert-OH is 1. The molecule has 0 spiro atoms. The number of nitrogens with zero attached hydrogens (tertiary/aromatic N) is 2. The maximum Gasteiger partial charge on any atom is 0.221 e. The number of aromatic nitrogens is 2. The second kappa shape index (κ2) is 10.2. The molecule has 4 atom stereocenters. The SMILES string of the molecule is CC(=O)Nc1ccc([C@H]2O[C@@H](Cn3cnc(Cl)c3Cl)[C@@H](C)[C@@H](c3ccc(CO)cc3)O2)cc1. The monoisotopic (exact) mass is 489 g/mol. The van der Waals surface area contributed by atoms with Crippen LogP contribution >= 0.6 is 23.2 Å². The highest BCUT2D eigenvalue weighted by atomic mass is 35.5. The summed E-state index contributed by atoms with van der Waals surface area (Å²) in [6.07, 6.45) is 0.467. The van der Waals surface area contributed by atoms with Gasteiger partial charge in [-0.1, -0.05) is 66.5 Å². The highest BCUT2D eigenvalue weighted by Crippen LogP contribution is 2.42. The summed E-state index contributed by atoms with van der Waals surface area (Å²) in [7, 11) is 0. The molecule has 1 fully saturated rings. The smallest absolute Gasteiger partial charge is 0.221 e. The van der Waals surface area contributed by atoms with Crippen LogP contribution in [-0.4, -0.2) is 26.7 Å². The maximum atomic E-state index is 11.3. The van der Waals surface area contributed by atoms with Crippen LogP contribution in [0, 0.1) is 5.92 Å². The van der Waals surface area contributed by atoms with Crippen LogP contribution in [0.2, 0.25) is 10.3 Å². The summed E-state index contributed by atoms with van der Waals surface area (Å²) >= 11 is 12.3. The summed E-state index contributed by atoms with van der Waals surface area (Å²) in [6.45, 7) is 3.97. The van der Waals surface area contributed by atoms with Crippen LogP contribution in [0.25, 0.3) is 0 Å². The predicted octanol–water partition coefficient (Wildman–Crippen LogP) is 5.13. The number of carbonyl (C=O) groups is 1. The third-order valence-corrected chi connectivity index (χ3v) is 6.51. The topological polar surface area (TPSA) is 85.6 Å². The van der Waals surface area contributed by atoms with Gasteiger partial charge in [0.25, 0.3) is 0 Å². The van der Waals surface area contributed by atoms with Gasteiger partial charge < -0.3 is 24.5 Å². The first-order chi connectivity index (χ1) is 15.9. The zero-order valence-electron chi connectivity index (χ0n) is 18.2. The van der Waals surface area contributed by atoms with E-state index in [4.69, 9.17) is 32.7 Å². The number of aliphatic hydroxyl groups is 1. The largest absolute Gasteiger partial charge is 0.392 e. The molecular formula is C24H25Cl2N3O4. The first-order valence-electron chi connectivity index (χ1n) is 10.6. The highest BCUT2D eigenvalue weighted by Gasteiger charge is 2.38. The molecule has 2 heterocycles. The van der Waals surface area contributed by atoms with Crippen molar-refractivity contribution in [1.82, 2.24) is 9.55 Å². The molecule has 0 unspecified atom stereocenters. The second-order valence-electron chi connectivity index (χ2n) is 8.10. The van der Waals surface area contributed by atoms with Crippen LogP contribution in [0.1, 0.15) is 42.9 Å². The van der Waals surface area contributed by atoms with Crippen molar-refractivity contribution in [3.8, 4) is 0 Å². The van der Waals surface area contributed by atoms with Crippen molar-refractivity contribution in [2.45, 2.75) is 45.5 Å². The van der Waals surface area contributed by atoms with Crippen molar-refractivity contribution < 1.29 is 19.4 Å². The van der Waals surface area contributed by atoms with Gasteiger partial charge in [0.15, 0.2) is 11.4 Å². The first-order valence-corrected chi connectivity index (χ1v) is 11.4. The van der Waals surface area contributed by atoms with Gasteiger partial charge in [0.1, 0.15) is 5.15 Å². The van der Waals surface area contributed by atoms with Gasteiger partial charge in [0, 0.05) is 24.1 Å². The Morgan fingerprint density at radius 2 is 1.76 bits per heavy atom. The van der Waals surface area contributed by atoms with Gasteiger partial charge in [-0.15, -0.1) is 0 Å². The average Bonchev–Trinajstić information content (AvgIpc) is 3.13.